The van der Waals surface area contributed by atoms with Crippen LogP contribution in [0.4, 0.5) is 0 Å². The third kappa shape index (κ3) is 3.82. The Bertz CT molecular complexity index is 672. The molecular formula is C19H21N3. The molecular weight excluding hydrogens is 270 g/mol. The Morgan fingerprint density at radius 3 is 2.45 bits per heavy atom. The van der Waals surface area contributed by atoms with E-state index in [0.717, 1.165) is 19.4 Å². The topological polar surface area (TPSA) is 30.7 Å². The van der Waals surface area contributed by atoms with Crippen molar-refractivity contribution in [3.63, 3.8) is 0 Å². The van der Waals surface area contributed by atoms with E-state index in [9.17, 15) is 0 Å². The van der Waals surface area contributed by atoms with Crippen molar-refractivity contribution in [2.75, 3.05) is 0 Å². The summed E-state index contributed by atoms with van der Waals surface area (Å²) in [5, 5.41) is 4.21. The third-order valence-electron chi connectivity index (χ3n) is 4.05. The molecule has 3 nitrogen and oxygen atoms in total. The van der Waals surface area contributed by atoms with E-state index in [1.54, 1.807) is 12.7 Å². The van der Waals surface area contributed by atoms with Crippen molar-refractivity contribution in [2.45, 2.75) is 32.2 Å². The number of hydrogen-bond donors (Lipinski definition) is 0. The van der Waals surface area contributed by atoms with E-state index in [4.69, 9.17) is 0 Å². The van der Waals surface area contributed by atoms with Gasteiger partial charge in [0.15, 0.2) is 0 Å². The largest absolute Gasteiger partial charge is 0.253 e. The van der Waals surface area contributed by atoms with Gasteiger partial charge in [-0.15, -0.1) is 0 Å². The van der Waals surface area contributed by atoms with Crippen LogP contribution < -0.4 is 0 Å². The summed E-state index contributed by atoms with van der Waals surface area (Å²) in [6.45, 7) is 3.02. The molecule has 3 aromatic rings. The SMILES string of the molecule is Cc1ccc(C[C@H](CCn2cncn2)c2ccccc2)cc1. The summed E-state index contributed by atoms with van der Waals surface area (Å²) < 4.78 is 1.91. The van der Waals surface area contributed by atoms with Crippen molar-refractivity contribution in [3.8, 4) is 0 Å². The number of hydrogen-bond acceptors (Lipinski definition) is 2. The lowest BCUT2D eigenvalue weighted by atomic mass is 9.89. The van der Waals surface area contributed by atoms with Crippen LogP contribution in [0.15, 0.2) is 67.3 Å². The van der Waals surface area contributed by atoms with Crippen molar-refractivity contribution in [3.05, 3.63) is 83.9 Å². The van der Waals surface area contributed by atoms with E-state index >= 15 is 0 Å². The molecule has 0 fully saturated rings. The minimum absolute atomic E-state index is 0.494. The second-order valence-electron chi connectivity index (χ2n) is 5.74. The van der Waals surface area contributed by atoms with Gasteiger partial charge in [-0.05, 0) is 36.8 Å². The highest BCUT2D eigenvalue weighted by Gasteiger charge is 2.12. The third-order valence-corrected chi connectivity index (χ3v) is 4.05. The van der Waals surface area contributed by atoms with E-state index in [2.05, 4.69) is 71.6 Å². The van der Waals surface area contributed by atoms with Gasteiger partial charge >= 0.3 is 0 Å². The average molecular weight is 291 g/mol. The molecule has 22 heavy (non-hydrogen) atoms. The van der Waals surface area contributed by atoms with Crippen LogP contribution in [0.2, 0.25) is 0 Å². The summed E-state index contributed by atoms with van der Waals surface area (Å²) in [5.41, 5.74) is 4.09. The number of rotatable bonds is 6. The van der Waals surface area contributed by atoms with Crippen molar-refractivity contribution in [1.29, 1.82) is 0 Å². The highest BCUT2D eigenvalue weighted by atomic mass is 15.3. The van der Waals surface area contributed by atoms with Crippen LogP contribution in [-0.2, 0) is 13.0 Å². The first-order chi connectivity index (χ1) is 10.8. The second kappa shape index (κ2) is 7.03. The highest BCUT2D eigenvalue weighted by Crippen LogP contribution is 2.25. The minimum atomic E-state index is 0.494. The summed E-state index contributed by atoms with van der Waals surface area (Å²) in [6.07, 6.45) is 5.49. The predicted octanol–water partition coefficient (Wildman–Crippen LogP) is 4.00. The maximum atomic E-state index is 4.21. The number of nitrogens with zero attached hydrogens (tertiary/aromatic N) is 3. The Hall–Kier alpha value is -2.42. The molecule has 0 aliphatic rings. The highest BCUT2D eigenvalue weighted by molar-refractivity contribution is 5.26. The van der Waals surface area contributed by atoms with Gasteiger partial charge in [0.05, 0.1) is 0 Å². The summed E-state index contributed by atoms with van der Waals surface area (Å²) in [4.78, 5) is 4.02. The Balaban J connectivity index is 1.75. The standard InChI is InChI=1S/C19H21N3/c1-16-7-9-17(10-8-16)13-19(18-5-3-2-4-6-18)11-12-22-15-20-14-21-22/h2-10,14-15,19H,11-13H2,1H3/t19-/m0/s1. The van der Waals surface area contributed by atoms with E-state index in [0.29, 0.717) is 5.92 Å². The fraction of sp³-hybridized carbons (Fsp3) is 0.263. The molecule has 0 saturated carbocycles. The first-order valence-corrected chi connectivity index (χ1v) is 7.74. The first kappa shape index (κ1) is 14.5. The molecule has 0 bridgehead atoms. The Morgan fingerprint density at radius 2 is 1.77 bits per heavy atom. The van der Waals surface area contributed by atoms with Crippen molar-refractivity contribution in [1.82, 2.24) is 14.8 Å². The molecule has 0 spiro atoms. The second-order valence-corrected chi connectivity index (χ2v) is 5.74. The van der Waals surface area contributed by atoms with E-state index in [1.807, 2.05) is 4.68 Å². The first-order valence-electron chi connectivity index (χ1n) is 7.74. The molecule has 112 valence electrons. The molecule has 1 heterocycles. The van der Waals surface area contributed by atoms with Gasteiger partial charge in [-0.2, -0.15) is 5.10 Å². The number of aromatic nitrogens is 3. The van der Waals surface area contributed by atoms with Crippen LogP contribution in [-0.4, -0.2) is 14.8 Å². The Labute approximate surface area is 131 Å². The molecule has 1 atom stereocenters. The molecule has 1 aromatic heterocycles. The quantitative estimate of drug-likeness (QED) is 0.687. The van der Waals surface area contributed by atoms with Crippen LogP contribution in [0, 0.1) is 6.92 Å². The van der Waals surface area contributed by atoms with E-state index in [1.165, 1.54) is 16.7 Å². The van der Waals surface area contributed by atoms with Crippen LogP contribution in [0.25, 0.3) is 0 Å². The van der Waals surface area contributed by atoms with Crippen molar-refractivity contribution < 1.29 is 0 Å². The van der Waals surface area contributed by atoms with Gasteiger partial charge in [-0.1, -0.05) is 60.2 Å². The molecule has 3 rings (SSSR count). The van der Waals surface area contributed by atoms with Crippen LogP contribution in [0.3, 0.4) is 0 Å². The molecule has 0 aliphatic carbocycles. The lowest BCUT2D eigenvalue weighted by Gasteiger charge is -2.18. The molecule has 0 amide bonds. The zero-order valence-electron chi connectivity index (χ0n) is 12.9. The molecule has 3 heteroatoms. The zero-order chi connectivity index (χ0) is 15.2. The maximum Gasteiger partial charge on any atom is 0.137 e. The van der Waals surface area contributed by atoms with Gasteiger partial charge in [-0.25, -0.2) is 4.98 Å². The molecule has 0 aliphatic heterocycles. The summed E-state index contributed by atoms with van der Waals surface area (Å²) >= 11 is 0. The Morgan fingerprint density at radius 1 is 1.00 bits per heavy atom. The van der Waals surface area contributed by atoms with Crippen LogP contribution in [0.5, 0.6) is 0 Å². The fourth-order valence-corrected chi connectivity index (χ4v) is 2.76. The maximum absolute atomic E-state index is 4.21. The Kier molecular flexibility index (Phi) is 4.64. The zero-order valence-corrected chi connectivity index (χ0v) is 12.9. The normalized spacial score (nSPS) is 12.2. The molecule has 0 saturated heterocycles. The van der Waals surface area contributed by atoms with E-state index in [-0.39, 0.29) is 0 Å². The molecule has 2 aromatic carbocycles. The number of aryl methyl sites for hydroxylation is 2. The van der Waals surface area contributed by atoms with Crippen LogP contribution >= 0.6 is 0 Å². The summed E-state index contributed by atoms with van der Waals surface area (Å²) in [5.74, 6) is 0.494. The van der Waals surface area contributed by atoms with Gasteiger partial charge in [-0.3, -0.25) is 4.68 Å². The lowest BCUT2D eigenvalue weighted by Crippen LogP contribution is -2.08. The summed E-state index contributed by atoms with van der Waals surface area (Å²) in [6, 6.07) is 19.6. The monoisotopic (exact) mass is 291 g/mol. The predicted molar refractivity (Wildman–Crippen MR) is 88.7 cm³/mol. The molecule has 0 unspecified atom stereocenters. The number of benzene rings is 2. The smallest absolute Gasteiger partial charge is 0.137 e. The average Bonchev–Trinajstić information content (AvgIpc) is 3.07. The summed E-state index contributed by atoms with van der Waals surface area (Å²) in [7, 11) is 0. The fourth-order valence-electron chi connectivity index (χ4n) is 2.76. The van der Waals surface area contributed by atoms with Gasteiger partial charge in [0.2, 0.25) is 0 Å². The minimum Gasteiger partial charge on any atom is -0.253 e. The lowest BCUT2D eigenvalue weighted by molar-refractivity contribution is 0.510. The molecule has 0 N–H and O–H groups in total. The van der Waals surface area contributed by atoms with Gasteiger partial charge in [0.25, 0.3) is 0 Å². The van der Waals surface area contributed by atoms with Gasteiger partial charge < -0.3 is 0 Å². The molecule has 0 radical (unpaired) electrons. The van der Waals surface area contributed by atoms with Crippen LogP contribution in [0.1, 0.15) is 29.0 Å². The van der Waals surface area contributed by atoms with Crippen molar-refractivity contribution >= 4 is 0 Å². The van der Waals surface area contributed by atoms with Crippen molar-refractivity contribution in [2.24, 2.45) is 0 Å². The van der Waals surface area contributed by atoms with Gasteiger partial charge in [0, 0.05) is 6.54 Å². The van der Waals surface area contributed by atoms with Gasteiger partial charge in [0.1, 0.15) is 12.7 Å². The van der Waals surface area contributed by atoms with E-state index < -0.39 is 0 Å².